The van der Waals surface area contributed by atoms with Gasteiger partial charge in [-0.2, -0.15) is 0 Å². The predicted octanol–water partition coefficient (Wildman–Crippen LogP) is 1.56. The second-order valence-electron chi connectivity index (χ2n) is 5.01. The predicted molar refractivity (Wildman–Crippen MR) is 66.7 cm³/mol. The number of carbonyl (C=O) groups is 1. The highest BCUT2D eigenvalue weighted by atomic mass is 16.5. The molecule has 3 atom stereocenters. The molecule has 17 heavy (non-hydrogen) atoms. The molecule has 1 fully saturated rings. The van der Waals surface area contributed by atoms with Gasteiger partial charge >= 0.3 is 0 Å². The van der Waals surface area contributed by atoms with Crippen molar-refractivity contribution in [2.24, 2.45) is 0 Å². The standard InChI is InChI=1S/C13H25NO3/c1-10(17-3)8-9-13(16)14(2)11-6-4-5-7-12(11)15/h10-12,15H,4-9H2,1-3H3. The van der Waals surface area contributed by atoms with Gasteiger partial charge in [-0.1, -0.05) is 12.8 Å². The van der Waals surface area contributed by atoms with Crippen LogP contribution in [-0.4, -0.2) is 48.3 Å². The van der Waals surface area contributed by atoms with Crippen molar-refractivity contribution in [1.29, 1.82) is 0 Å². The zero-order valence-corrected chi connectivity index (χ0v) is 11.2. The van der Waals surface area contributed by atoms with Crippen molar-refractivity contribution in [3.8, 4) is 0 Å². The van der Waals surface area contributed by atoms with Gasteiger partial charge in [-0.3, -0.25) is 4.79 Å². The molecule has 1 amide bonds. The maximum Gasteiger partial charge on any atom is 0.222 e. The Labute approximate surface area is 104 Å². The van der Waals surface area contributed by atoms with Gasteiger partial charge in [-0.25, -0.2) is 0 Å². The van der Waals surface area contributed by atoms with Crippen LogP contribution in [0.3, 0.4) is 0 Å². The Morgan fingerprint density at radius 1 is 1.47 bits per heavy atom. The second kappa shape index (κ2) is 6.97. The van der Waals surface area contributed by atoms with E-state index in [0.29, 0.717) is 6.42 Å². The Balaban J connectivity index is 2.39. The molecule has 4 heteroatoms. The summed E-state index contributed by atoms with van der Waals surface area (Å²) in [6, 6.07) is 0.00843. The Morgan fingerprint density at radius 2 is 2.12 bits per heavy atom. The molecule has 0 spiro atoms. The SMILES string of the molecule is COC(C)CCC(=O)N(C)C1CCCCC1O. The molecule has 0 heterocycles. The minimum absolute atomic E-state index is 0.00843. The van der Waals surface area contributed by atoms with Crippen molar-refractivity contribution in [3.63, 3.8) is 0 Å². The number of rotatable bonds is 5. The van der Waals surface area contributed by atoms with Crippen LogP contribution in [0.4, 0.5) is 0 Å². The van der Waals surface area contributed by atoms with Crippen molar-refractivity contribution < 1.29 is 14.6 Å². The van der Waals surface area contributed by atoms with E-state index in [-0.39, 0.29) is 24.2 Å². The van der Waals surface area contributed by atoms with Gasteiger partial charge in [0.05, 0.1) is 18.2 Å². The molecular weight excluding hydrogens is 218 g/mol. The molecule has 0 saturated heterocycles. The zero-order valence-electron chi connectivity index (χ0n) is 11.2. The zero-order chi connectivity index (χ0) is 12.8. The molecule has 0 radical (unpaired) electrons. The maximum absolute atomic E-state index is 12.0. The molecule has 0 bridgehead atoms. The third kappa shape index (κ3) is 4.28. The number of nitrogens with zero attached hydrogens (tertiary/aromatic N) is 1. The first kappa shape index (κ1) is 14.5. The average molecular weight is 243 g/mol. The van der Waals surface area contributed by atoms with Crippen LogP contribution in [0.2, 0.25) is 0 Å². The van der Waals surface area contributed by atoms with Gasteiger partial charge < -0.3 is 14.7 Å². The van der Waals surface area contributed by atoms with Crippen LogP contribution in [0.25, 0.3) is 0 Å². The first-order valence-electron chi connectivity index (χ1n) is 6.52. The van der Waals surface area contributed by atoms with Crippen LogP contribution in [-0.2, 0) is 9.53 Å². The molecule has 1 saturated carbocycles. The van der Waals surface area contributed by atoms with Crippen LogP contribution in [0.15, 0.2) is 0 Å². The summed E-state index contributed by atoms with van der Waals surface area (Å²) in [5.41, 5.74) is 0. The molecule has 4 nitrogen and oxygen atoms in total. The normalized spacial score (nSPS) is 26.6. The fourth-order valence-electron chi connectivity index (χ4n) is 2.35. The molecule has 0 aromatic carbocycles. The van der Waals surface area contributed by atoms with Crippen molar-refractivity contribution in [1.82, 2.24) is 4.90 Å². The van der Waals surface area contributed by atoms with Gasteiger partial charge in [0.2, 0.25) is 5.91 Å². The molecular formula is C13H25NO3. The lowest BCUT2D eigenvalue weighted by molar-refractivity contribution is -0.136. The van der Waals surface area contributed by atoms with E-state index in [2.05, 4.69) is 0 Å². The topological polar surface area (TPSA) is 49.8 Å². The highest BCUT2D eigenvalue weighted by molar-refractivity contribution is 5.76. The summed E-state index contributed by atoms with van der Waals surface area (Å²) in [6.07, 6.45) is 4.91. The van der Waals surface area contributed by atoms with Crippen molar-refractivity contribution in [2.75, 3.05) is 14.2 Å². The van der Waals surface area contributed by atoms with Crippen LogP contribution < -0.4 is 0 Å². The minimum Gasteiger partial charge on any atom is -0.391 e. The molecule has 1 rings (SSSR count). The first-order chi connectivity index (χ1) is 8.06. The molecule has 1 N–H and O–H groups in total. The third-order valence-corrected chi connectivity index (χ3v) is 3.75. The van der Waals surface area contributed by atoms with Crippen molar-refractivity contribution >= 4 is 5.91 Å². The molecule has 0 aliphatic heterocycles. The van der Waals surface area contributed by atoms with Crippen LogP contribution in [0, 0.1) is 0 Å². The van der Waals surface area contributed by atoms with Crippen LogP contribution in [0.1, 0.15) is 45.4 Å². The van der Waals surface area contributed by atoms with Crippen LogP contribution >= 0.6 is 0 Å². The summed E-state index contributed by atoms with van der Waals surface area (Å²) < 4.78 is 5.13. The van der Waals surface area contributed by atoms with Gasteiger partial charge in [-0.05, 0) is 26.2 Å². The van der Waals surface area contributed by atoms with Crippen molar-refractivity contribution in [3.05, 3.63) is 0 Å². The number of carbonyl (C=O) groups excluding carboxylic acids is 1. The lowest BCUT2D eigenvalue weighted by atomic mass is 9.91. The first-order valence-corrected chi connectivity index (χ1v) is 6.52. The van der Waals surface area contributed by atoms with E-state index >= 15 is 0 Å². The van der Waals surface area contributed by atoms with Gasteiger partial charge in [-0.15, -0.1) is 0 Å². The lowest BCUT2D eigenvalue weighted by Gasteiger charge is -2.35. The summed E-state index contributed by atoms with van der Waals surface area (Å²) in [5, 5.41) is 9.89. The van der Waals surface area contributed by atoms with Crippen LogP contribution in [0.5, 0.6) is 0 Å². The summed E-state index contributed by atoms with van der Waals surface area (Å²) in [4.78, 5) is 13.7. The Morgan fingerprint density at radius 3 is 2.71 bits per heavy atom. The van der Waals surface area contributed by atoms with Gasteiger partial charge in [0, 0.05) is 20.6 Å². The molecule has 100 valence electrons. The Kier molecular flexibility index (Phi) is 5.92. The fraction of sp³-hybridized carbons (Fsp3) is 0.923. The largest absolute Gasteiger partial charge is 0.391 e. The number of amides is 1. The molecule has 1 aliphatic carbocycles. The summed E-state index contributed by atoms with van der Waals surface area (Å²) >= 11 is 0. The number of hydrogen-bond donors (Lipinski definition) is 1. The fourth-order valence-corrected chi connectivity index (χ4v) is 2.35. The quantitative estimate of drug-likeness (QED) is 0.797. The summed E-state index contributed by atoms with van der Waals surface area (Å²) in [6.45, 7) is 1.96. The van der Waals surface area contributed by atoms with E-state index in [9.17, 15) is 9.90 Å². The van der Waals surface area contributed by atoms with Gasteiger partial charge in [0.25, 0.3) is 0 Å². The molecule has 1 aliphatic rings. The van der Waals surface area contributed by atoms with E-state index in [1.165, 1.54) is 0 Å². The number of hydrogen-bond acceptors (Lipinski definition) is 3. The number of methoxy groups -OCH3 is 1. The molecule has 0 aromatic rings. The highest BCUT2D eigenvalue weighted by Gasteiger charge is 2.29. The third-order valence-electron chi connectivity index (χ3n) is 3.75. The van der Waals surface area contributed by atoms with E-state index in [1.54, 1.807) is 19.1 Å². The summed E-state index contributed by atoms with van der Waals surface area (Å²) in [5.74, 6) is 0.111. The van der Waals surface area contributed by atoms with Gasteiger partial charge in [0.15, 0.2) is 0 Å². The van der Waals surface area contributed by atoms with E-state index in [4.69, 9.17) is 4.74 Å². The Hall–Kier alpha value is -0.610. The second-order valence-corrected chi connectivity index (χ2v) is 5.01. The monoisotopic (exact) mass is 243 g/mol. The molecule has 0 aromatic heterocycles. The Bertz CT molecular complexity index is 245. The maximum atomic E-state index is 12.0. The highest BCUT2D eigenvalue weighted by Crippen LogP contribution is 2.23. The smallest absolute Gasteiger partial charge is 0.222 e. The lowest BCUT2D eigenvalue weighted by Crippen LogP contribution is -2.46. The van der Waals surface area contributed by atoms with E-state index < -0.39 is 0 Å². The number of aliphatic hydroxyl groups is 1. The average Bonchev–Trinajstić information content (AvgIpc) is 2.35. The number of ether oxygens (including phenoxy) is 1. The number of aliphatic hydroxyl groups excluding tert-OH is 1. The van der Waals surface area contributed by atoms with E-state index in [0.717, 1.165) is 32.1 Å². The summed E-state index contributed by atoms with van der Waals surface area (Å²) in [7, 11) is 3.46. The molecule has 3 unspecified atom stereocenters. The van der Waals surface area contributed by atoms with Crippen molar-refractivity contribution in [2.45, 2.75) is 63.7 Å². The number of likely N-dealkylation sites (N-methyl/N-ethyl adjacent to an activating group) is 1. The van der Waals surface area contributed by atoms with Gasteiger partial charge in [0.1, 0.15) is 0 Å². The van der Waals surface area contributed by atoms with E-state index in [1.807, 2.05) is 6.92 Å². The minimum atomic E-state index is -0.349.